The molecular formula is C15H15N3S. The molecule has 0 atom stereocenters. The van der Waals surface area contributed by atoms with Crippen molar-refractivity contribution in [3.63, 3.8) is 0 Å². The minimum absolute atomic E-state index is 0.774. The summed E-state index contributed by atoms with van der Waals surface area (Å²) in [6.07, 6.45) is 1.81. The fourth-order valence-electron chi connectivity index (χ4n) is 2.21. The number of nitrogens with two attached hydrogens (primary N) is 1. The lowest BCUT2D eigenvalue weighted by Crippen LogP contribution is -2.16. The summed E-state index contributed by atoms with van der Waals surface area (Å²) < 4.78 is 0. The van der Waals surface area contributed by atoms with Crippen LogP contribution in [0.4, 0.5) is 11.4 Å². The number of rotatable bonds is 3. The zero-order valence-electron chi connectivity index (χ0n) is 10.7. The number of aromatic nitrogens is 1. The maximum Gasteiger partial charge on any atom is 0.0955 e. The molecule has 3 rings (SSSR count). The van der Waals surface area contributed by atoms with Gasteiger partial charge in [0.2, 0.25) is 0 Å². The van der Waals surface area contributed by atoms with Crippen molar-refractivity contribution in [3.8, 4) is 0 Å². The lowest BCUT2D eigenvalue weighted by Gasteiger charge is -2.20. The van der Waals surface area contributed by atoms with E-state index in [1.54, 1.807) is 11.3 Å². The Labute approximate surface area is 116 Å². The van der Waals surface area contributed by atoms with Crippen LogP contribution in [-0.2, 0) is 6.54 Å². The Morgan fingerprint density at radius 1 is 1.21 bits per heavy atom. The monoisotopic (exact) mass is 269 g/mol. The van der Waals surface area contributed by atoms with E-state index in [0.29, 0.717) is 0 Å². The first-order chi connectivity index (χ1) is 9.25. The molecule has 0 aliphatic carbocycles. The van der Waals surface area contributed by atoms with E-state index in [9.17, 15) is 0 Å². The van der Waals surface area contributed by atoms with Gasteiger partial charge in [-0.15, -0.1) is 11.3 Å². The summed E-state index contributed by atoms with van der Waals surface area (Å²) in [4.78, 5) is 8.02. The maximum absolute atomic E-state index is 6.00. The van der Waals surface area contributed by atoms with Gasteiger partial charge in [0, 0.05) is 29.2 Å². The Kier molecular flexibility index (Phi) is 3.09. The highest BCUT2D eigenvalue weighted by atomic mass is 32.1. The Morgan fingerprint density at radius 2 is 2.11 bits per heavy atom. The Morgan fingerprint density at radius 3 is 2.89 bits per heavy atom. The Bertz CT molecular complexity index is 692. The largest absolute Gasteiger partial charge is 0.398 e. The first-order valence-corrected chi connectivity index (χ1v) is 7.00. The van der Waals surface area contributed by atoms with Gasteiger partial charge in [0.25, 0.3) is 0 Å². The molecule has 0 saturated carbocycles. The van der Waals surface area contributed by atoms with Gasteiger partial charge in [0.15, 0.2) is 0 Å². The number of fused-ring (bicyclic) bond motifs is 1. The predicted octanol–water partition coefficient (Wildman–Crippen LogP) is 3.51. The molecule has 2 heterocycles. The molecule has 3 aromatic rings. The lowest BCUT2D eigenvalue weighted by atomic mass is 10.1. The molecule has 3 nitrogen and oxygen atoms in total. The van der Waals surface area contributed by atoms with Crippen molar-refractivity contribution >= 4 is 33.6 Å². The number of anilines is 2. The number of pyridine rings is 1. The zero-order valence-corrected chi connectivity index (χ0v) is 11.5. The van der Waals surface area contributed by atoms with E-state index in [4.69, 9.17) is 5.73 Å². The van der Waals surface area contributed by atoms with Gasteiger partial charge in [0.05, 0.1) is 17.7 Å². The first-order valence-electron chi connectivity index (χ1n) is 6.12. The third-order valence-electron chi connectivity index (χ3n) is 3.17. The quantitative estimate of drug-likeness (QED) is 0.740. The summed E-state index contributed by atoms with van der Waals surface area (Å²) in [5, 5.41) is 3.11. The van der Waals surface area contributed by atoms with Gasteiger partial charge < -0.3 is 10.6 Å². The molecule has 0 fully saturated rings. The van der Waals surface area contributed by atoms with Crippen LogP contribution in [0.5, 0.6) is 0 Å². The van der Waals surface area contributed by atoms with Crippen molar-refractivity contribution in [3.05, 3.63) is 52.9 Å². The van der Waals surface area contributed by atoms with Crippen LogP contribution in [0.3, 0.4) is 0 Å². The van der Waals surface area contributed by atoms with Crippen LogP contribution in [0.15, 0.2) is 48.0 Å². The molecule has 0 aliphatic heterocycles. The molecule has 4 heteroatoms. The van der Waals surface area contributed by atoms with E-state index >= 15 is 0 Å². The highest BCUT2D eigenvalue weighted by molar-refractivity contribution is 7.09. The maximum atomic E-state index is 6.00. The van der Waals surface area contributed by atoms with Crippen molar-refractivity contribution < 1.29 is 0 Å². The van der Waals surface area contributed by atoms with Gasteiger partial charge in [-0.3, -0.25) is 4.98 Å². The second-order valence-electron chi connectivity index (χ2n) is 4.51. The van der Waals surface area contributed by atoms with E-state index in [1.807, 2.05) is 30.5 Å². The lowest BCUT2D eigenvalue weighted by molar-refractivity contribution is 0.944. The summed E-state index contributed by atoms with van der Waals surface area (Å²) in [7, 11) is 2.08. The molecule has 0 saturated heterocycles. The van der Waals surface area contributed by atoms with Crippen molar-refractivity contribution in [2.24, 2.45) is 0 Å². The van der Waals surface area contributed by atoms with E-state index in [1.165, 1.54) is 4.88 Å². The minimum atomic E-state index is 0.774. The average molecular weight is 269 g/mol. The second kappa shape index (κ2) is 4.90. The van der Waals surface area contributed by atoms with Crippen molar-refractivity contribution in [1.82, 2.24) is 4.98 Å². The van der Waals surface area contributed by atoms with Crippen molar-refractivity contribution in [2.45, 2.75) is 6.54 Å². The third-order valence-corrected chi connectivity index (χ3v) is 4.03. The van der Waals surface area contributed by atoms with Gasteiger partial charge in [-0.05, 0) is 35.7 Å². The van der Waals surface area contributed by atoms with E-state index in [2.05, 4.69) is 34.4 Å². The molecular weight excluding hydrogens is 254 g/mol. The highest BCUT2D eigenvalue weighted by Crippen LogP contribution is 2.29. The summed E-state index contributed by atoms with van der Waals surface area (Å²) in [5.41, 5.74) is 8.85. The number of hydrogen-bond acceptors (Lipinski definition) is 4. The van der Waals surface area contributed by atoms with Gasteiger partial charge in [0.1, 0.15) is 0 Å². The molecule has 0 spiro atoms. The minimum Gasteiger partial charge on any atom is -0.398 e. The molecule has 1 aromatic carbocycles. The van der Waals surface area contributed by atoms with Crippen molar-refractivity contribution in [1.29, 1.82) is 0 Å². The number of nitrogen functional groups attached to an aromatic ring is 1. The molecule has 2 N–H and O–H groups in total. The molecule has 0 radical (unpaired) electrons. The summed E-state index contributed by atoms with van der Waals surface area (Å²) in [6.45, 7) is 0.882. The molecule has 2 aromatic heterocycles. The van der Waals surface area contributed by atoms with Crippen LogP contribution < -0.4 is 10.6 Å². The molecule has 0 amide bonds. The van der Waals surface area contributed by atoms with Crippen LogP contribution in [0.1, 0.15) is 4.88 Å². The number of benzene rings is 1. The Hall–Kier alpha value is -2.07. The SMILES string of the molecule is CN(Cc1cccs1)c1ccc(N)c2cccnc12. The molecule has 0 aliphatic rings. The highest BCUT2D eigenvalue weighted by Gasteiger charge is 2.09. The second-order valence-corrected chi connectivity index (χ2v) is 5.54. The van der Waals surface area contributed by atoms with Crippen LogP contribution in [0, 0.1) is 0 Å². The third kappa shape index (κ3) is 2.27. The molecule has 19 heavy (non-hydrogen) atoms. The van der Waals surface area contributed by atoms with Crippen LogP contribution in [-0.4, -0.2) is 12.0 Å². The number of nitrogens with zero attached hydrogens (tertiary/aromatic N) is 2. The van der Waals surface area contributed by atoms with Crippen molar-refractivity contribution in [2.75, 3.05) is 17.7 Å². The summed E-state index contributed by atoms with van der Waals surface area (Å²) in [6, 6.07) is 12.1. The Balaban J connectivity index is 2.03. The van der Waals surface area contributed by atoms with Crippen LogP contribution >= 0.6 is 11.3 Å². The fourth-order valence-corrected chi connectivity index (χ4v) is 2.97. The van der Waals surface area contributed by atoms with E-state index < -0.39 is 0 Å². The molecule has 0 unspecified atom stereocenters. The number of hydrogen-bond donors (Lipinski definition) is 1. The normalized spacial score (nSPS) is 10.8. The zero-order chi connectivity index (χ0) is 13.2. The van der Waals surface area contributed by atoms with E-state index in [0.717, 1.165) is 28.8 Å². The van der Waals surface area contributed by atoms with E-state index in [-0.39, 0.29) is 0 Å². The predicted molar refractivity (Wildman–Crippen MR) is 82.6 cm³/mol. The standard InChI is InChI=1S/C15H15N3S/c1-18(10-11-4-3-9-19-11)14-7-6-13(16)12-5-2-8-17-15(12)14/h2-9H,10,16H2,1H3. The van der Waals surface area contributed by atoms with Gasteiger partial charge in [-0.2, -0.15) is 0 Å². The molecule has 96 valence electrons. The fraction of sp³-hybridized carbons (Fsp3) is 0.133. The number of thiophene rings is 1. The van der Waals surface area contributed by atoms with Gasteiger partial charge in [-0.1, -0.05) is 6.07 Å². The topological polar surface area (TPSA) is 42.1 Å². The van der Waals surface area contributed by atoms with Crippen LogP contribution in [0.2, 0.25) is 0 Å². The smallest absolute Gasteiger partial charge is 0.0955 e. The average Bonchev–Trinajstić information content (AvgIpc) is 2.92. The summed E-state index contributed by atoms with van der Waals surface area (Å²) >= 11 is 1.77. The van der Waals surface area contributed by atoms with Gasteiger partial charge in [-0.25, -0.2) is 0 Å². The first kappa shape index (κ1) is 12.0. The van der Waals surface area contributed by atoms with Crippen LogP contribution in [0.25, 0.3) is 10.9 Å². The summed E-state index contributed by atoms with van der Waals surface area (Å²) in [5.74, 6) is 0. The van der Waals surface area contributed by atoms with Gasteiger partial charge >= 0.3 is 0 Å². The molecule has 0 bridgehead atoms.